The monoisotopic (exact) mass is 399 g/mol. The first-order chi connectivity index (χ1) is 11.7. The van der Waals surface area contributed by atoms with Gasteiger partial charge >= 0.3 is 6.03 Å². The zero-order chi connectivity index (χ0) is 18.4. The fraction of sp³-hybridized carbons (Fsp3) is 0.333. The first-order valence-electron chi connectivity index (χ1n) is 7.32. The van der Waals surface area contributed by atoms with Crippen molar-refractivity contribution < 1.29 is 9.59 Å². The summed E-state index contributed by atoms with van der Waals surface area (Å²) in [5, 5.41) is 17.0. The van der Waals surface area contributed by atoms with E-state index in [1.54, 1.807) is 24.3 Å². The van der Waals surface area contributed by atoms with Gasteiger partial charge in [-0.15, -0.1) is 10.2 Å². The van der Waals surface area contributed by atoms with Crippen LogP contribution in [0.3, 0.4) is 0 Å². The average Bonchev–Trinajstić information content (AvgIpc) is 2.93. The molecule has 0 unspecified atom stereocenters. The third-order valence-corrected chi connectivity index (χ3v) is 4.79. The number of aromatic nitrogens is 2. The van der Waals surface area contributed by atoms with Gasteiger partial charge in [0.1, 0.15) is 0 Å². The van der Waals surface area contributed by atoms with E-state index >= 15 is 0 Å². The van der Waals surface area contributed by atoms with E-state index in [1.165, 1.54) is 23.1 Å². The molecule has 0 aliphatic carbocycles. The molecule has 25 heavy (non-hydrogen) atoms. The van der Waals surface area contributed by atoms with Crippen molar-refractivity contribution in [2.45, 2.75) is 30.6 Å². The molecule has 3 N–H and O–H groups in total. The number of urea groups is 1. The molecule has 1 aromatic heterocycles. The fourth-order valence-corrected chi connectivity index (χ4v) is 3.32. The van der Waals surface area contributed by atoms with E-state index in [0.29, 0.717) is 20.2 Å². The van der Waals surface area contributed by atoms with Crippen molar-refractivity contribution in [1.29, 1.82) is 0 Å². The van der Waals surface area contributed by atoms with Crippen LogP contribution in [0.2, 0.25) is 5.02 Å². The quantitative estimate of drug-likeness (QED) is 0.524. The van der Waals surface area contributed by atoms with Crippen LogP contribution in [0.1, 0.15) is 20.8 Å². The van der Waals surface area contributed by atoms with E-state index in [1.807, 2.05) is 20.8 Å². The van der Waals surface area contributed by atoms with Gasteiger partial charge in [0, 0.05) is 16.2 Å². The summed E-state index contributed by atoms with van der Waals surface area (Å²) in [5.74, 6) is 0.0216. The number of hydrogen-bond donors (Lipinski definition) is 3. The minimum Gasteiger partial charge on any atom is -0.333 e. The Balaban J connectivity index is 1.79. The molecule has 7 nitrogen and oxygen atoms in total. The Hall–Kier alpha value is -1.84. The molecule has 134 valence electrons. The van der Waals surface area contributed by atoms with Crippen molar-refractivity contribution in [1.82, 2.24) is 15.5 Å². The first kappa shape index (κ1) is 19.5. The summed E-state index contributed by atoms with van der Waals surface area (Å²) >= 11 is 8.25. The molecule has 3 amide bonds. The van der Waals surface area contributed by atoms with E-state index in [4.69, 9.17) is 11.6 Å². The molecule has 0 radical (unpaired) electrons. The maximum atomic E-state index is 11.9. The van der Waals surface area contributed by atoms with Crippen molar-refractivity contribution in [2.75, 3.05) is 16.4 Å². The van der Waals surface area contributed by atoms with Gasteiger partial charge in [0.2, 0.25) is 11.0 Å². The van der Waals surface area contributed by atoms with Gasteiger partial charge in [-0.2, -0.15) is 0 Å². The molecular formula is C15H18ClN5O2S2. The lowest BCUT2D eigenvalue weighted by atomic mass is 10.1. The van der Waals surface area contributed by atoms with Gasteiger partial charge in [-0.05, 0) is 45.0 Å². The number of thioether (sulfide) groups is 1. The van der Waals surface area contributed by atoms with Crippen LogP contribution in [0.4, 0.5) is 15.6 Å². The number of hydrogen-bond acceptors (Lipinski definition) is 6. The Bertz CT molecular complexity index is 743. The number of rotatable bonds is 5. The topological polar surface area (TPSA) is 96.0 Å². The van der Waals surface area contributed by atoms with E-state index in [2.05, 4.69) is 26.1 Å². The third-order valence-electron chi connectivity index (χ3n) is 2.57. The molecule has 0 fully saturated rings. The van der Waals surface area contributed by atoms with Gasteiger partial charge in [-0.25, -0.2) is 4.79 Å². The highest BCUT2D eigenvalue weighted by atomic mass is 35.5. The van der Waals surface area contributed by atoms with Crippen LogP contribution < -0.4 is 16.0 Å². The lowest BCUT2D eigenvalue weighted by Gasteiger charge is -2.19. The summed E-state index contributed by atoms with van der Waals surface area (Å²) in [5.41, 5.74) is 0.333. The number of halogens is 1. The second-order valence-electron chi connectivity index (χ2n) is 6.05. The molecular weight excluding hydrogens is 382 g/mol. The summed E-state index contributed by atoms with van der Waals surface area (Å²) in [6, 6.07) is 6.52. The standard InChI is InChI=1S/C15H18ClN5O2S2/c1-15(2,3)19-12(23)18-13-20-21-14(25-13)24-8-11(22)17-10-6-4-9(16)5-7-10/h4-7H,8H2,1-3H3,(H,17,22)(H2,18,19,20,23). The summed E-state index contributed by atoms with van der Waals surface area (Å²) in [6.07, 6.45) is 0. The van der Waals surface area contributed by atoms with Crippen molar-refractivity contribution in [3.05, 3.63) is 29.3 Å². The minimum absolute atomic E-state index is 0.164. The van der Waals surface area contributed by atoms with Gasteiger partial charge in [0.05, 0.1) is 5.75 Å². The van der Waals surface area contributed by atoms with Gasteiger partial charge in [-0.1, -0.05) is 34.7 Å². The second-order valence-corrected chi connectivity index (χ2v) is 8.68. The molecule has 0 atom stereocenters. The van der Waals surface area contributed by atoms with Crippen LogP contribution in [-0.2, 0) is 4.79 Å². The smallest absolute Gasteiger partial charge is 0.321 e. The fourth-order valence-electron chi connectivity index (χ4n) is 1.65. The van der Waals surface area contributed by atoms with E-state index < -0.39 is 0 Å². The Morgan fingerprint density at radius 2 is 1.84 bits per heavy atom. The van der Waals surface area contributed by atoms with E-state index in [-0.39, 0.29) is 23.2 Å². The van der Waals surface area contributed by atoms with Crippen molar-refractivity contribution >= 4 is 57.5 Å². The molecule has 0 aliphatic rings. The third kappa shape index (κ3) is 7.29. The predicted molar refractivity (Wildman–Crippen MR) is 103 cm³/mol. The second kappa shape index (κ2) is 8.50. The summed E-state index contributed by atoms with van der Waals surface area (Å²) in [6.45, 7) is 5.65. The van der Waals surface area contributed by atoms with Crippen LogP contribution in [0.5, 0.6) is 0 Å². The molecule has 0 aliphatic heterocycles. The van der Waals surface area contributed by atoms with Gasteiger partial charge < -0.3 is 10.6 Å². The van der Waals surface area contributed by atoms with Crippen molar-refractivity contribution in [2.24, 2.45) is 0 Å². The number of nitrogens with zero attached hydrogens (tertiary/aromatic N) is 2. The predicted octanol–water partition coefficient (Wildman–Crippen LogP) is 3.84. The number of amides is 3. The van der Waals surface area contributed by atoms with Crippen LogP contribution in [-0.4, -0.2) is 33.4 Å². The normalized spacial score (nSPS) is 11.0. The van der Waals surface area contributed by atoms with Gasteiger partial charge in [0.15, 0.2) is 4.34 Å². The van der Waals surface area contributed by atoms with Crippen molar-refractivity contribution in [3.63, 3.8) is 0 Å². The lowest BCUT2D eigenvalue weighted by molar-refractivity contribution is -0.113. The highest BCUT2D eigenvalue weighted by Crippen LogP contribution is 2.25. The van der Waals surface area contributed by atoms with Crippen LogP contribution in [0.25, 0.3) is 0 Å². The molecule has 10 heteroatoms. The molecule has 0 saturated heterocycles. The van der Waals surface area contributed by atoms with E-state index in [9.17, 15) is 9.59 Å². The Kier molecular flexibility index (Phi) is 6.63. The lowest BCUT2D eigenvalue weighted by Crippen LogP contribution is -2.43. The summed E-state index contributed by atoms with van der Waals surface area (Å²) < 4.78 is 0.595. The Labute approximate surface area is 158 Å². The SMILES string of the molecule is CC(C)(C)NC(=O)Nc1nnc(SCC(=O)Nc2ccc(Cl)cc2)s1. The first-order valence-corrected chi connectivity index (χ1v) is 9.50. The van der Waals surface area contributed by atoms with Crippen LogP contribution in [0.15, 0.2) is 28.6 Å². The highest BCUT2D eigenvalue weighted by Gasteiger charge is 2.15. The minimum atomic E-state index is -0.347. The largest absolute Gasteiger partial charge is 0.333 e. The number of nitrogens with one attached hydrogen (secondary N) is 3. The van der Waals surface area contributed by atoms with Crippen LogP contribution >= 0.6 is 34.7 Å². The van der Waals surface area contributed by atoms with Gasteiger partial charge in [-0.3, -0.25) is 10.1 Å². The summed E-state index contributed by atoms with van der Waals surface area (Å²) in [7, 11) is 0. The number of anilines is 2. The molecule has 0 spiro atoms. The molecule has 1 heterocycles. The number of carbonyl (C=O) groups excluding carboxylic acids is 2. The maximum absolute atomic E-state index is 11.9. The molecule has 2 aromatic rings. The van der Waals surface area contributed by atoms with Crippen LogP contribution in [0, 0.1) is 0 Å². The van der Waals surface area contributed by atoms with Gasteiger partial charge in [0.25, 0.3) is 0 Å². The zero-order valence-electron chi connectivity index (χ0n) is 13.9. The average molecular weight is 400 g/mol. The molecule has 0 saturated carbocycles. The number of carbonyl (C=O) groups is 2. The Morgan fingerprint density at radius 3 is 2.48 bits per heavy atom. The molecule has 2 rings (SSSR count). The zero-order valence-corrected chi connectivity index (χ0v) is 16.3. The summed E-state index contributed by atoms with van der Waals surface area (Å²) in [4.78, 5) is 23.7. The molecule has 1 aromatic carbocycles. The Morgan fingerprint density at radius 1 is 1.16 bits per heavy atom. The number of benzene rings is 1. The van der Waals surface area contributed by atoms with Crippen molar-refractivity contribution in [3.8, 4) is 0 Å². The maximum Gasteiger partial charge on any atom is 0.321 e. The molecule has 0 bridgehead atoms. The van der Waals surface area contributed by atoms with E-state index in [0.717, 1.165) is 0 Å². The highest BCUT2D eigenvalue weighted by molar-refractivity contribution is 8.01.